The lowest BCUT2D eigenvalue weighted by molar-refractivity contribution is -0.122. The van der Waals surface area contributed by atoms with E-state index in [4.69, 9.17) is 23.2 Å². The fourth-order valence-corrected chi connectivity index (χ4v) is 5.07. The lowest BCUT2D eigenvalue weighted by Crippen LogP contribution is -2.36. The van der Waals surface area contributed by atoms with Gasteiger partial charge in [-0.2, -0.15) is 0 Å². The molecule has 0 unspecified atom stereocenters. The smallest absolute Gasteiger partial charge is 0.223 e. The van der Waals surface area contributed by atoms with Crippen molar-refractivity contribution in [3.63, 3.8) is 0 Å². The molecule has 0 spiro atoms. The summed E-state index contributed by atoms with van der Waals surface area (Å²) < 4.78 is 22.8. The van der Waals surface area contributed by atoms with Gasteiger partial charge in [-0.15, -0.1) is 0 Å². The summed E-state index contributed by atoms with van der Waals surface area (Å²) in [5.41, 5.74) is 0.931. The summed E-state index contributed by atoms with van der Waals surface area (Å²) in [6, 6.07) is 5.04. The van der Waals surface area contributed by atoms with E-state index in [9.17, 15) is 13.2 Å². The summed E-state index contributed by atoms with van der Waals surface area (Å²) in [7, 11) is -2.97. The molecule has 3 rings (SSSR count). The molecule has 1 heterocycles. The highest BCUT2D eigenvalue weighted by Gasteiger charge is 2.45. The summed E-state index contributed by atoms with van der Waals surface area (Å²) in [6.45, 7) is 0. The second-order valence-electron chi connectivity index (χ2n) is 5.72. The van der Waals surface area contributed by atoms with Crippen LogP contribution in [0.1, 0.15) is 24.3 Å². The van der Waals surface area contributed by atoms with E-state index < -0.39 is 9.84 Å². The Bertz CT molecular complexity index is 689. The van der Waals surface area contributed by atoms with Crippen LogP contribution in [0.25, 0.3) is 0 Å². The molecule has 0 radical (unpaired) electrons. The van der Waals surface area contributed by atoms with Crippen molar-refractivity contribution >= 4 is 38.9 Å². The van der Waals surface area contributed by atoms with Crippen LogP contribution in [0.15, 0.2) is 18.2 Å². The van der Waals surface area contributed by atoms with Gasteiger partial charge in [0.25, 0.3) is 0 Å². The number of nitrogens with one attached hydrogen (secondary N) is 1. The Morgan fingerprint density at radius 3 is 2.67 bits per heavy atom. The van der Waals surface area contributed by atoms with Crippen molar-refractivity contribution in [3.8, 4) is 0 Å². The van der Waals surface area contributed by atoms with Crippen molar-refractivity contribution in [2.24, 2.45) is 5.92 Å². The minimum atomic E-state index is -2.97. The Morgan fingerprint density at radius 2 is 2.05 bits per heavy atom. The number of rotatable bonds is 3. The highest BCUT2D eigenvalue weighted by molar-refractivity contribution is 7.91. The number of benzene rings is 1. The molecule has 1 saturated heterocycles. The van der Waals surface area contributed by atoms with Crippen molar-refractivity contribution < 1.29 is 13.2 Å². The van der Waals surface area contributed by atoms with Gasteiger partial charge in [0.15, 0.2) is 9.84 Å². The highest BCUT2D eigenvalue weighted by Crippen LogP contribution is 2.50. The minimum Gasteiger partial charge on any atom is -0.352 e. The molecule has 0 aromatic heterocycles. The van der Waals surface area contributed by atoms with Crippen molar-refractivity contribution in [2.75, 3.05) is 11.5 Å². The maximum Gasteiger partial charge on any atom is 0.223 e. The first kappa shape index (κ1) is 15.1. The third-order valence-electron chi connectivity index (χ3n) is 4.07. The summed E-state index contributed by atoms with van der Waals surface area (Å²) in [6.07, 6.45) is 1.25. The number of sulfone groups is 1. The third-order valence-corrected chi connectivity index (χ3v) is 6.40. The zero-order chi connectivity index (χ0) is 15.2. The normalized spacial score (nSPS) is 30.1. The Labute approximate surface area is 133 Å². The number of amides is 1. The number of carbonyl (C=O) groups is 1. The summed E-state index contributed by atoms with van der Waals surface area (Å²) in [5, 5.41) is 3.99. The van der Waals surface area contributed by atoms with Gasteiger partial charge in [0.05, 0.1) is 11.5 Å². The highest BCUT2D eigenvalue weighted by atomic mass is 35.5. The van der Waals surface area contributed by atoms with Crippen LogP contribution in [0.2, 0.25) is 10.0 Å². The van der Waals surface area contributed by atoms with Crippen LogP contribution in [0.3, 0.4) is 0 Å². The van der Waals surface area contributed by atoms with E-state index in [0.29, 0.717) is 16.5 Å². The molecular weight excluding hydrogens is 333 g/mol. The van der Waals surface area contributed by atoms with Gasteiger partial charge < -0.3 is 5.32 Å². The van der Waals surface area contributed by atoms with Crippen LogP contribution in [0, 0.1) is 5.92 Å². The summed E-state index contributed by atoms with van der Waals surface area (Å²) in [5.74, 6) is 0.125. The van der Waals surface area contributed by atoms with Crippen LogP contribution in [0.5, 0.6) is 0 Å². The molecule has 1 aliphatic carbocycles. The second kappa shape index (κ2) is 5.45. The molecule has 3 atom stereocenters. The van der Waals surface area contributed by atoms with Crippen LogP contribution >= 0.6 is 23.2 Å². The first-order valence-electron chi connectivity index (χ1n) is 6.81. The Kier molecular flexibility index (Phi) is 3.93. The molecule has 4 nitrogen and oxygen atoms in total. The number of hydrogen-bond donors (Lipinski definition) is 1. The Hall–Kier alpha value is -0.780. The minimum absolute atomic E-state index is 0.0534. The lowest BCUT2D eigenvalue weighted by atomic mass is 10.1. The van der Waals surface area contributed by atoms with Crippen LogP contribution in [-0.4, -0.2) is 31.9 Å². The van der Waals surface area contributed by atoms with Crippen molar-refractivity contribution in [2.45, 2.75) is 24.8 Å². The summed E-state index contributed by atoms with van der Waals surface area (Å²) >= 11 is 12.0. The first-order valence-corrected chi connectivity index (χ1v) is 9.39. The average Bonchev–Trinajstić information content (AvgIpc) is 3.09. The van der Waals surface area contributed by atoms with Gasteiger partial charge in [0.2, 0.25) is 5.91 Å². The lowest BCUT2D eigenvalue weighted by Gasteiger charge is -2.11. The number of halogens is 2. The predicted molar refractivity (Wildman–Crippen MR) is 82.5 cm³/mol. The second-order valence-corrected chi connectivity index (χ2v) is 8.80. The fourth-order valence-electron chi connectivity index (χ4n) is 2.85. The van der Waals surface area contributed by atoms with E-state index >= 15 is 0 Å². The van der Waals surface area contributed by atoms with Gasteiger partial charge in [-0.3, -0.25) is 4.79 Å². The molecule has 1 aromatic rings. The van der Waals surface area contributed by atoms with Gasteiger partial charge in [-0.05, 0) is 36.5 Å². The molecule has 1 aliphatic heterocycles. The van der Waals surface area contributed by atoms with E-state index in [0.717, 1.165) is 12.0 Å². The predicted octanol–water partition coefficient (Wildman–Crippen LogP) is 2.40. The Morgan fingerprint density at radius 1 is 1.29 bits per heavy atom. The molecule has 0 bridgehead atoms. The van der Waals surface area contributed by atoms with E-state index in [2.05, 4.69) is 5.32 Å². The molecule has 7 heteroatoms. The van der Waals surface area contributed by atoms with E-state index in [1.165, 1.54) is 0 Å². The molecule has 1 saturated carbocycles. The van der Waals surface area contributed by atoms with Gasteiger partial charge in [0, 0.05) is 22.0 Å². The molecular formula is C14H15Cl2NO3S. The molecule has 1 amide bonds. The first-order chi connectivity index (χ1) is 9.85. The third kappa shape index (κ3) is 3.35. The van der Waals surface area contributed by atoms with Crippen molar-refractivity contribution in [1.29, 1.82) is 0 Å². The van der Waals surface area contributed by atoms with Gasteiger partial charge in [-0.25, -0.2) is 8.42 Å². The van der Waals surface area contributed by atoms with Gasteiger partial charge >= 0.3 is 0 Å². The van der Waals surface area contributed by atoms with Gasteiger partial charge in [0.1, 0.15) is 0 Å². The molecule has 1 N–H and O–H groups in total. The Balaban J connectivity index is 1.61. The van der Waals surface area contributed by atoms with Gasteiger partial charge in [-0.1, -0.05) is 29.3 Å². The largest absolute Gasteiger partial charge is 0.352 e. The maximum atomic E-state index is 12.2. The molecule has 1 aromatic carbocycles. The standard InChI is InChI=1S/C14H15Cl2NO3S/c15-8-1-2-10(13(16)5-8)11-6-12(11)14(18)17-9-3-4-21(19,20)7-9/h1-2,5,9,11-12H,3-4,6-7H2,(H,17,18)/t9-,11+,12+/m1/s1. The quantitative estimate of drug-likeness (QED) is 0.912. The van der Waals surface area contributed by atoms with E-state index in [-0.39, 0.29) is 35.3 Å². The van der Waals surface area contributed by atoms with Crippen LogP contribution < -0.4 is 5.32 Å². The fraction of sp³-hybridized carbons (Fsp3) is 0.500. The molecule has 114 valence electrons. The summed E-state index contributed by atoms with van der Waals surface area (Å²) in [4.78, 5) is 12.2. The molecule has 21 heavy (non-hydrogen) atoms. The van der Waals surface area contributed by atoms with Crippen molar-refractivity contribution in [1.82, 2.24) is 5.32 Å². The molecule has 2 aliphatic rings. The zero-order valence-corrected chi connectivity index (χ0v) is 13.5. The van der Waals surface area contributed by atoms with Crippen LogP contribution in [-0.2, 0) is 14.6 Å². The molecule has 2 fully saturated rings. The maximum absolute atomic E-state index is 12.2. The zero-order valence-electron chi connectivity index (χ0n) is 11.2. The van der Waals surface area contributed by atoms with Crippen molar-refractivity contribution in [3.05, 3.63) is 33.8 Å². The van der Waals surface area contributed by atoms with Crippen LogP contribution in [0.4, 0.5) is 0 Å². The number of hydrogen-bond acceptors (Lipinski definition) is 3. The topological polar surface area (TPSA) is 63.2 Å². The average molecular weight is 348 g/mol. The monoisotopic (exact) mass is 347 g/mol. The van der Waals surface area contributed by atoms with E-state index in [1.807, 2.05) is 6.07 Å². The van der Waals surface area contributed by atoms with E-state index in [1.54, 1.807) is 12.1 Å². The SMILES string of the molecule is O=C(N[C@@H]1CCS(=O)(=O)C1)[C@H]1C[C@H]1c1ccc(Cl)cc1Cl. The number of carbonyl (C=O) groups excluding carboxylic acids is 1.